The second-order valence-electron chi connectivity index (χ2n) is 26.1. The second-order valence-corrected chi connectivity index (χ2v) is 26.1. The third kappa shape index (κ3) is 17.6. The average molecular weight is 1230 g/mol. The lowest BCUT2D eigenvalue weighted by Crippen LogP contribution is -2.65. The van der Waals surface area contributed by atoms with Crippen LogP contribution < -0.4 is 21.3 Å². The Morgan fingerprint density at radius 2 is 1.34 bits per heavy atom. The lowest BCUT2D eigenvalue weighted by molar-refractivity contribution is -0.160. The number of rotatable bonds is 30. The Morgan fingerprint density at radius 3 is 1.88 bits per heavy atom. The fourth-order valence-corrected chi connectivity index (χ4v) is 13.0. The van der Waals surface area contributed by atoms with E-state index in [4.69, 9.17) is 0 Å². The summed E-state index contributed by atoms with van der Waals surface area (Å²) in [4.78, 5) is 169. The van der Waals surface area contributed by atoms with Gasteiger partial charge in [-0.1, -0.05) is 96.6 Å². The van der Waals surface area contributed by atoms with Crippen molar-refractivity contribution in [3.05, 3.63) is 35.4 Å². The third-order valence-corrected chi connectivity index (χ3v) is 19.0. The van der Waals surface area contributed by atoms with Gasteiger partial charge in [-0.3, -0.25) is 52.7 Å². The molecule has 2 aliphatic heterocycles. The summed E-state index contributed by atoms with van der Waals surface area (Å²) < 4.78 is 0. The predicted molar refractivity (Wildman–Crippen MR) is 335 cm³/mol. The third-order valence-electron chi connectivity index (χ3n) is 19.0. The van der Waals surface area contributed by atoms with Gasteiger partial charge in [0, 0.05) is 75.4 Å². The van der Waals surface area contributed by atoms with E-state index in [-0.39, 0.29) is 62.0 Å². The molecule has 2 saturated heterocycles. The first-order valence-electron chi connectivity index (χ1n) is 32.4. The molecular weight excluding hydrogens is 1120 g/mol. The summed E-state index contributed by atoms with van der Waals surface area (Å²) in [6.45, 7) is 15.9. The Balaban J connectivity index is 1.33. The van der Waals surface area contributed by atoms with Gasteiger partial charge < -0.3 is 60.5 Å². The Kier molecular flexibility index (Phi) is 26.8. The molecule has 0 aromatic heterocycles. The van der Waals surface area contributed by atoms with E-state index in [1.165, 1.54) is 81.5 Å². The molecule has 4 fully saturated rings. The molecule has 0 spiro atoms. The van der Waals surface area contributed by atoms with Crippen LogP contribution in [0.4, 0.5) is 0 Å². The standard InChI is InChI=1S/C65H106N12O11/c1-16-34-67-52(78)40-71(11)60(84)51(38-45-29-27-42(6)28-30-45)76(18-3)61(85)48-31-36-77(48)58(82)44(8)72(12)62(86)54(43(7)17-2)68-57(81)49(37-41(4)5)73(13)53(79)39-50(59(83)70(9)10)74(14)63(87)55(46-24-19-20-25-46)75(15)64(88)65(32-21-22-33-65)69-56(80)47-26-23-35-66-47/h27-30,41,43-44,46-51,54-55,66H,16-26,31-40H2,1-15H3,(H,67,78)(H,68,81)(H,69,80)/t43-,44-,47-,48-,49-,50-,51-,54-,55-/m0/s1. The molecule has 0 unspecified atom stereocenters. The van der Waals surface area contributed by atoms with Crippen molar-refractivity contribution in [3.63, 3.8) is 0 Å². The number of benzene rings is 1. The fourth-order valence-electron chi connectivity index (χ4n) is 13.0. The number of carbonyl (C=O) groups excluding carboxylic acids is 11. The number of hydrogen-bond acceptors (Lipinski definition) is 12. The Morgan fingerprint density at radius 1 is 0.705 bits per heavy atom. The number of carbonyl (C=O) groups is 11. The molecule has 5 rings (SSSR count). The monoisotopic (exact) mass is 1230 g/mol. The summed E-state index contributed by atoms with van der Waals surface area (Å²) in [6, 6.07) is -0.435. The van der Waals surface area contributed by atoms with Crippen molar-refractivity contribution in [1.82, 2.24) is 60.5 Å². The fraction of sp³-hybridized carbons (Fsp3) is 0.738. The zero-order valence-electron chi connectivity index (χ0n) is 55.6. The van der Waals surface area contributed by atoms with Crippen molar-refractivity contribution in [3.8, 4) is 0 Å². The first kappa shape index (κ1) is 72.1. The van der Waals surface area contributed by atoms with E-state index >= 15 is 4.79 Å². The van der Waals surface area contributed by atoms with Crippen LogP contribution in [0, 0.1) is 24.7 Å². The Labute approximate surface area is 523 Å². The maximum atomic E-state index is 15.2. The van der Waals surface area contributed by atoms with Crippen LogP contribution in [-0.2, 0) is 59.2 Å². The van der Waals surface area contributed by atoms with Gasteiger partial charge in [-0.25, -0.2) is 0 Å². The molecule has 9 atom stereocenters. The van der Waals surface area contributed by atoms with Gasteiger partial charge in [0.25, 0.3) is 0 Å². The minimum absolute atomic E-state index is 0.134. The molecule has 1 aromatic carbocycles. The maximum absolute atomic E-state index is 15.2. The van der Waals surface area contributed by atoms with Crippen LogP contribution in [0.25, 0.3) is 0 Å². The van der Waals surface area contributed by atoms with Crippen molar-refractivity contribution < 1.29 is 52.7 Å². The molecule has 1 aromatic rings. The van der Waals surface area contributed by atoms with Crippen LogP contribution in [0.2, 0.25) is 0 Å². The van der Waals surface area contributed by atoms with Gasteiger partial charge in [0.15, 0.2) is 0 Å². The number of nitrogens with one attached hydrogen (secondary N) is 4. The van der Waals surface area contributed by atoms with Gasteiger partial charge in [0.2, 0.25) is 65.0 Å². The van der Waals surface area contributed by atoms with Crippen molar-refractivity contribution in [2.75, 3.05) is 82.1 Å². The Bertz CT molecular complexity index is 2620. The summed E-state index contributed by atoms with van der Waals surface area (Å²) in [5, 5.41) is 12.1. The molecule has 11 amide bonds. The van der Waals surface area contributed by atoms with Crippen LogP contribution in [0.15, 0.2) is 24.3 Å². The van der Waals surface area contributed by atoms with Gasteiger partial charge in [0.05, 0.1) is 19.0 Å². The highest BCUT2D eigenvalue weighted by Crippen LogP contribution is 2.37. The maximum Gasteiger partial charge on any atom is 0.248 e. The van der Waals surface area contributed by atoms with Crippen LogP contribution in [-0.4, -0.2) is 240 Å². The van der Waals surface area contributed by atoms with Crippen LogP contribution in [0.3, 0.4) is 0 Å². The van der Waals surface area contributed by atoms with E-state index in [0.717, 1.165) is 49.7 Å². The summed E-state index contributed by atoms with van der Waals surface area (Å²) in [5.41, 5.74) is 0.639. The summed E-state index contributed by atoms with van der Waals surface area (Å²) >= 11 is 0. The van der Waals surface area contributed by atoms with E-state index < -0.39 is 113 Å². The lowest BCUT2D eigenvalue weighted by Gasteiger charge is -2.45. The molecule has 2 heterocycles. The van der Waals surface area contributed by atoms with Crippen molar-refractivity contribution in [2.45, 2.75) is 212 Å². The van der Waals surface area contributed by atoms with E-state index in [9.17, 15) is 47.9 Å². The molecule has 23 nitrogen and oxygen atoms in total. The topological polar surface area (TPSA) is 262 Å². The van der Waals surface area contributed by atoms with Crippen molar-refractivity contribution in [1.29, 1.82) is 0 Å². The van der Waals surface area contributed by atoms with Gasteiger partial charge in [-0.05, 0) is 108 Å². The summed E-state index contributed by atoms with van der Waals surface area (Å²) in [5.74, 6) is -6.00. The molecular formula is C65H106N12O11. The highest BCUT2D eigenvalue weighted by molar-refractivity contribution is 6.00. The van der Waals surface area contributed by atoms with E-state index in [0.29, 0.717) is 58.0 Å². The highest BCUT2D eigenvalue weighted by atomic mass is 16.2. The van der Waals surface area contributed by atoms with Crippen LogP contribution in [0.1, 0.15) is 156 Å². The average Bonchev–Trinajstić information content (AvgIpc) is 2.79. The molecule has 4 aliphatic rings. The highest BCUT2D eigenvalue weighted by Gasteiger charge is 2.51. The van der Waals surface area contributed by atoms with Crippen LogP contribution in [0.5, 0.6) is 0 Å². The van der Waals surface area contributed by atoms with Crippen molar-refractivity contribution >= 4 is 65.0 Å². The molecule has 492 valence electrons. The minimum Gasteiger partial charge on any atom is -0.355 e. The van der Waals surface area contributed by atoms with E-state index in [1.54, 1.807) is 27.8 Å². The molecule has 0 radical (unpaired) electrons. The lowest BCUT2D eigenvalue weighted by atomic mass is 9.90. The van der Waals surface area contributed by atoms with Gasteiger partial charge in [0.1, 0.15) is 47.8 Å². The summed E-state index contributed by atoms with van der Waals surface area (Å²) in [7, 11) is 10.6. The number of likely N-dealkylation sites (N-methyl/N-ethyl adjacent to an activating group) is 7. The molecule has 2 aliphatic carbocycles. The zero-order chi connectivity index (χ0) is 65.5. The first-order chi connectivity index (χ1) is 41.5. The predicted octanol–water partition coefficient (Wildman–Crippen LogP) is 3.09. The van der Waals surface area contributed by atoms with Crippen molar-refractivity contribution in [2.24, 2.45) is 17.8 Å². The van der Waals surface area contributed by atoms with E-state index in [2.05, 4.69) is 21.3 Å². The normalized spacial score (nSPS) is 19.6. The number of nitrogens with zero attached hydrogens (tertiary/aromatic N) is 8. The van der Waals surface area contributed by atoms with Crippen LogP contribution >= 0.6 is 0 Å². The quantitative estimate of drug-likeness (QED) is 0.0867. The van der Waals surface area contributed by atoms with E-state index in [1.807, 2.05) is 58.9 Å². The second kappa shape index (κ2) is 32.7. The smallest absolute Gasteiger partial charge is 0.248 e. The number of likely N-dealkylation sites (tertiary alicyclic amines) is 1. The number of aryl methyl sites for hydroxylation is 1. The molecule has 0 bridgehead atoms. The minimum atomic E-state index is -1.34. The van der Waals surface area contributed by atoms with Gasteiger partial charge >= 0.3 is 0 Å². The molecule has 2 saturated carbocycles. The Hall–Kier alpha value is -6.65. The molecule has 4 N–H and O–H groups in total. The summed E-state index contributed by atoms with van der Waals surface area (Å²) in [6.07, 6.45) is 8.15. The number of hydrogen-bond donors (Lipinski definition) is 4. The SMILES string of the molecule is CCCNC(=O)CN(C)C(=O)[C@H](Cc1ccc(C)cc1)N(CC)C(=O)[C@@H]1CCN1C(=O)[C@H](C)N(C)C(=O)[C@@H](NC(=O)[C@H](CC(C)C)N(C)C(=O)C[C@@H](C(=O)N(C)C)N(C)C(=O)[C@H](C1CCCC1)N(C)C(=O)C1(NC(=O)[C@@H]2CCCN2)CCCC1)[C@@H](C)CC. The van der Waals surface area contributed by atoms with Gasteiger partial charge in [-0.15, -0.1) is 0 Å². The molecule has 88 heavy (non-hydrogen) atoms. The van der Waals surface area contributed by atoms with Gasteiger partial charge in [-0.2, -0.15) is 0 Å². The largest absolute Gasteiger partial charge is 0.355 e. The number of amides is 11. The zero-order valence-corrected chi connectivity index (χ0v) is 55.6. The first-order valence-corrected chi connectivity index (χ1v) is 32.4. The molecule has 23 heteroatoms.